The van der Waals surface area contributed by atoms with Gasteiger partial charge in [-0.25, -0.2) is 9.97 Å². The normalized spacial score (nSPS) is 10.7. The molecule has 3 aromatic rings. The summed E-state index contributed by atoms with van der Waals surface area (Å²) >= 11 is 3.43. The second-order valence-corrected chi connectivity index (χ2v) is 9.30. The summed E-state index contributed by atoms with van der Waals surface area (Å²) in [6, 6.07) is 12.6. The average Bonchev–Trinajstić information content (AvgIpc) is 2.87. The van der Waals surface area contributed by atoms with Crippen LogP contribution < -0.4 is 15.0 Å². The number of nitrogens with zero attached hydrogens (tertiary/aromatic N) is 4. The molecule has 188 valence electrons. The van der Waals surface area contributed by atoms with Gasteiger partial charge >= 0.3 is 0 Å². The van der Waals surface area contributed by atoms with Crippen LogP contribution >= 0.6 is 15.9 Å². The van der Waals surface area contributed by atoms with E-state index in [4.69, 9.17) is 4.74 Å². The number of nitrogens with one attached hydrogen (secondary N) is 1. The number of methoxy groups -OCH3 is 1. The van der Waals surface area contributed by atoms with E-state index < -0.39 is 0 Å². The van der Waals surface area contributed by atoms with Gasteiger partial charge in [0, 0.05) is 54.4 Å². The van der Waals surface area contributed by atoms with Crippen molar-refractivity contribution in [3.8, 4) is 5.75 Å². The number of carbonyl (C=O) groups is 2. The highest BCUT2D eigenvalue weighted by Gasteiger charge is 2.18. The lowest BCUT2D eigenvalue weighted by Crippen LogP contribution is -2.29. The number of carbonyl (C=O) groups excluding carboxylic acids is 2. The van der Waals surface area contributed by atoms with Gasteiger partial charge in [-0.1, -0.05) is 34.6 Å². The van der Waals surface area contributed by atoms with Crippen LogP contribution in [0.25, 0.3) is 0 Å². The first-order valence-electron chi connectivity index (χ1n) is 11.3. The summed E-state index contributed by atoms with van der Waals surface area (Å²) in [4.78, 5) is 38.2. The molecular formula is C27H30BrN5O3. The Morgan fingerprint density at radius 1 is 1.14 bits per heavy atom. The van der Waals surface area contributed by atoms with E-state index in [1.54, 1.807) is 31.5 Å². The number of ketones is 1. The van der Waals surface area contributed by atoms with Crippen LogP contribution in [-0.2, 0) is 11.2 Å². The lowest BCUT2D eigenvalue weighted by atomic mass is 10.1. The molecule has 1 heterocycles. The van der Waals surface area contributed by atoms with Crippen molar-refractivity contribution in [1.82, 2.24) is 14.9 Å². The Morgan fingerprint density at radius 3 is 2.56 bits per heavy atom. The highest BCUT2D eigenvalue weighted by molar-refractivity contribution is 9.10. The number of amides is 1. The summed E-state index contributed by atoms with van der Waals surface area (Å²) in [5.41, 5.74) is 3.03. The molecular weight excluding hydrogens is 522 g/mol. The first-order chi connectivity index (χ1) is 17.2. The number of halogens is 1. The summed E-state index contributed by atoms with van der Waals surface area (Å²) < 4.78 is 6.39. The summed E-state index contributed by atoms with van der Waals surface area (Å²) in [5.74, 6) is 0.575. The molecule has 0 atom stereocenters. The van der Waals surface area contributed by atoms with Crippen molar-refractivity contribution in [3.05, 3.63) is 88.4 Å². The molecule has 0 saturated heterocycles. The third-order valence-corrected chi connectivity index (χ3v) is 6.23. The molecule has 0 saturated carbocycles. The maximum atomic E-state index is 13.0. The van der Waals surface area contributed by atoms with E-state index in [1.807, 2.05) is 45.4 Å². The second kappa shape index (κ2) is 12.4. The number of anilines is 2. The number of hydrogen-bond donors (Lipinski definition) is 1. The maximum Gasteiger partial charge on any atom is 0.247 e. The maximum absolute atomic E-state index is 13.0. The smallest absolute Gasteiger partial charge is 0.247 e. The molecule has 0 spiro atoms. The molecule has 0 bridgehead atoms. The SMILES string of the molecule is C=CC(=O)Nc1cc(Cc2nccc(C(=O)c3ccccc3Br)n2)c(OC)cc1N(C)CCN(C)C. The summed E-state index contributed by atoms with van der Waals surface area (Å²) in [7, 11) is 7.57. The molecule has 0 aliphatic heterocycles. The van der Waals surface area contributed by atoms with Crippen LogP contribution in [0.4, 0.5) is 11.4 Å². The fourth-order valence-electron chi connectivity index (χ4n) is 3.58. The Kier molecular flexibility index (Phi) is 9.32. The third-order valence-electron chi connectivity index (χ3n) is 5.54. The number of rotatable bonds is 11. The van der Waals surface area contributed by atoms with Gasteiger partial charge in [0.2, 0.25) is 11.7 Å². The van der Waals surface area contributed by atoms with Gasteiger partial charge in [-0.3, -0.25) is 9.59 Å². The molecule has 36 heavy (non-hydrogen) atoms. The van der Waals surface area contributed by atoms with E-state index in [2.05, 4.69) is 47.6 Å². The predicted molar refractivity (Wildman–Crippen MR) is 146 cm³/mol. The van der Waals surface area contributed by atoms with E-state index in [9.17, 15) is 9.59 Å². The van der Waals surface area contributed by atoms with Gasteiger partial charge in [-0.05, 0) is 44.4 Å². The van der Waals surface area contributed by atoms with E-state index in [0.29, 0.717) is 39.4 Å². The second-order valence-electron chi connectivity index (χ2n) is 8.44. The fourth-order valence-corrected chi connectivity index (χ4v) is 4.04. The number of hydrogen-bond acceptors (Lipinski definition) is 7. The van der Waals surface area contributed by atoms with Crippen molar-refractivity contribution in [2.45, 2.75) is 6.42 Å². The first kappa shape index (κ1) is 27.0. The van der Waals surface area contributed by atoms with Gasteiger partial charge in [-0.15, -0.1) is 0 Å². The van der Waals surface area contributed by atoms with Crippen molar-refractivity contribution in [2.75, 3.05) is 51.6 Å². The Morgan fingerprint density at radius 2 is 1.89 bits per heavy atom. The van der Waals surface area contributed by atoms with Crippen LogP contribution in [0, 0.1) is 0 Å². The Labute approximate surface area is 220 Å². The van der Waals surface area contributed by atoms with E-state index in [-0.39, 0.29) is 11.7 Å². The van der Waals surface area contributed by atoms with Crippen LogP contribution in [0.1, 0.15) is 27.4 Å². The largest absolute Gasteiger partial charge is 0.496 e. The molecule has 2 aromatic carbocycles. The molecule has 8 nitrogen and oxygen atoms in total. The zero-order valence-electron chi connectivity index (χ0n) is 20.9. The Bertz CT molecular complexity index is 1260. The molecule has 9 heteroatoms. The monoisotopic (exact) mass is 551 g/mol. The van der Waals surface area contributed by atoms with Crippen LogP contribution in [0.3, 0.4) is 0 Å². The van der Waals surface area contributed by atoms with Crippen molar-refractivity contribution in [3.63, 3.8) is 0 Å². The highest BCUT2D eigenvalue weighted by atomic mass is 79.9. The van der Waals surface area contributed by atoms with Gasteiger partial charge < -0.3 is 19.9 Å². The van der Waals surface area contributed by atoms with Gasteiger partial charge in [0.05, 0.1) is 18.5 Å². The van der Waals surface area contributed by atoms with E-state index in [1.165, 1.54) is 6.08 Å². The van der Waals surface area contributed by atoms with Crippen LogP contribution in [-0.4, -0.2) is 67.9 Å². The number of likely N-dealkylation sites (N-methyl/N-ethyl adjacent to an activating group) is 2. The summed E-state index contributed by atoms with van der Waals surface area (Å²) in [6.45, 7) is 5.14. The summed E-state index contributed by atoms with van der Waals surface area (Å²) in [6.07, 6.45) is 3.11. The topological polar surface area (TPSA) is 87.7 Å². The Hall–Kier alpha value is -3.56. The first-order valence-corrected chi connectivity index (χ1v) is 12.1. The lowest BCUT2D eigenvalue weighted by molar-refractivity contribution is -0.111. The number of aromatic nitrogens is 2. The van der Waals surface area contributed by atoms with Gasteiger partial charge in [0.15, 0.2) is 0 Å². The van der Waals surface area contributed by atoms with Crippen LogP contribution in [0.15, 0.2) is 65.8 Å². The standard InChI is InChI=1S/C27H30BrN5O3/c1-6-26(34)31-22-15-18(24(36-5)17-23(22)33(4)14-13-32(2)3)16-25-29-12-11-21(30-25)27(35)19-9-7-8-10-20(19)28/h6-12,15,17H,1,13-14,16H2,2-5H3,(H,31,34). The zero-order chi connectivity index (χ0) is 26.2. The number of benzene rings is 2. The minimum atomic E-state index is -0.314. The van der Waals surface area contributed by atoms with Gasteiger partial charge in [0.25, 0.3) is 0 Å². The highest BCUT2D eigenvalue weighted by Crippen LogP contribution is 2.34. The predicted octanol–water partition coefficient (Wildman–Crippen LogP) is 4.19. The van der Waals surface area contributed by atoms with Gasteiger partial charge in [-0.2, -0.15) is 0 Å². The number of ether oxygens (including phenoxy) is 1. The lowest BCUT2D eigenvalue weighted by Gasteiger charge is -2.25. The average molecular weight is 552 g/mol. The van der Waals surface area contributed by atoms with E-state index in [0.717, 1.165) is 24.3 Å². The molecule has 1 amide bonds. The van der Waals surface area contributed by atoms with E-state index >= 15 is 0 Å². The Balaban J connectivity index is 1.96. The van der Waals surface area contributed by atoms with Crippen molar-refractivity contribution < 1.29 is 14.3 Å². The molecule has 1 aromatic heterocycles. The van der Waals surface area contributed by atoms with Crippen molar-refractivity contribution in [2.24, 2.45) is 0 Å². The summed E-state index contributed by atoms with van der Waals surface area (Å²) in [5, 5.41) is 2.90. The molecule has 0 radical (unpaired) electrons. The van der Waals surface area contributed by atoms with Crippen molar-refractivity contribution in [1.29, 1.82) is 0 Å². The minimum Gasteiger partial charge on any atom is -0.496 e. The van der Waals surface area contributed by atoms with Crippen molar-refractivity contribution >= 4 is 39.0 Å². The molecule has 0 aliphatic carbocycles. The molecule has 0 fully saturated rings. The molecule has 0 aliphatic rings. The zero-order valence-corrected chi connectivity index (χ0v) is 22.5. The van der Waals surface area contributed by atoms with Crippen LogP contribution in [0.2, 0.25) is 0 Å². The molecule has 1 N–H and O–H groups in total. The third kappa shape index (κ3) is 6.77. The minimum absolute atomic E-state index is 0.199. The quantitative estimate of drug-likeness (QED) is 0.282. The van der Waals surface area contributed by atoms with Gasteiger partial charge in [0.1, 0.15) is 17.3 Å². The molecule has 0 unspecified atom stereocenters. The molecule has 3 rings (SSSR count). The fraction of sp³-hybridized carbons (Fsp3) is 0.259. The van der Waals surface area contributed by atoms with Crippen LogP contribution in [0.5, 0.6) is 5.75 Å².